The van der Waals surface area contributed by atoms with E-state index in [1.807, 2.05) is 6.07 Å². The molecule has 174 valence electrons. The minimum Gasteiger partial charge on any atom is -0.490 e. The first-order chi connectivity index (χ1) is 16.1. The molecule has 4 nitrogen and oxygen atoms in total. The maximum atomic E-state index is 13.9. The van der Waals surface area contributed by atoms with Crippen LogP contribution in [0.1, 0.15) is 74.2 Å². The lowest BCUT2D eigenvalue weighted by molar-refractivity contribution is 0.0728. The van der Waals surface area contributed by atoms with E-state index in [2.05, 4.69) is 19.1 Å². The zero-order valence-electron chi connectivity index (χ0n) is 19.3. The van der Waals surface area contributed by atoms with Crippen LogP contribution >= 0.6 is 0 Å². The fraction of sp³-hybridized carbons (Fsp3) is 0.429. The monoisotopic (exact) mass is 449 g/mol. The van der Waals surface area contributed by atoms with Gasteiger partial charge in [-0.05, 0) is 80.0 Å². The molecular weight excluding hydrogens is 417 g/mol. The summed E-state index contributed by atoms with van der Waals surface area (Å²) < 4.78 is 24.8. The van der Waals surface area contributed by atoms with Crippen LogP contribution in [-0.2, 0) is 0 Å². The van der Waals surface area contributed by atoms with Gasteiger partial charge in [-0.3, -0.25) is 0 Å². The number of benzene rings is 2. The van der Waals surface area contributed by atoms with E-state index in [4.69, 9.17) is 14.7 Å². The number of halogens is 1. The van der Waals surface area contributed by atoms with E-state index in [0.29, 0.717) is 18.3 Å². The summed E-state index contributed by atoms with van der Waals surface area (Å²) in [5.41, 5.74) is 0.454. The Labute approximate surface area is 196 Å². The number of unbranched alkanes of at least 4 members (excludes halogenated alkanes) is 2. The number of nitriles is 1. The Hall–Kier alpha value is -3.13. The molecule has 0 amide bonds. The fourth-order valence-corrected chi connectivity index (χ4v) is 4.24. The fourth-order valence-electron chi connectivity index (χ4n) is 4.24. The van der Waals surface area contributed by atoms with E-state index < -0.39 is 11.8 Å². The minimum atomic E-state index is -0.751. The summed E-state index contributed by atoms with van der Waals surface area (Å²) in [5, 5.41) is 8.78. The van der Waals surface area contributed by atoms with Crippen LogP contribution in [0.3, 0.4) is 0 Å². The maximum absolute atomic E-state index is 13.9. The second kappa shape index (κ2) is 12.8. The number of esters is 1. The van der Waals surface area contributed by atoms with Crippen LogP contribution in [0.2, 0.25) is 0 Å². The summed E-state index contributed by atoms with van der Waals surface area (Å²) in [4.78, 5) is 12.3. The van der Waals surface area contributed by atoms with Crippen molar-refractivity contribution in [3.8, 4) is 17.6 Å². The zero-order valence-corrected chi connectivity index (χ0v) is 19.3. The molecule has 2 aromatic rings. The van der Waals surface area contributed by atoms with Gasteiger partial charge in [-0.2, -0.15) is 5.26 Å². The quantitative estimate of drug-likeness (QED) is 0.166. The Balaban J connectivity index is 1.40. The molecule has 0 unspecified atom stereocenters. The third-order valence-electron chi connectivity index (χ3n) is 6.22. The number of rotatable bonds is 10. The van der Waals surface area contributed by atoms with Gasteiger partial charge in [-0.25, -0.2) is 9.18 Å². The van der Waals surface area contributed by atoms with Crippen molar-refractivity contribution in [2.24, 2.45) is 11.8 Å². The molecule has 1 aliphatic carbocycles. The first-order valence-electron chi connectivity index (χ1n) is 11.9. The molecular formula is C28H32FNO3. The van der Waals surface area contributed by atoms with Gasteiger partial charge >= 0.3 is 5.97 Å². The first-order valence-corrected chi connectivity index (χ1v) is 11.9. The number of allylic oxidation sites excluding steroid dienone is 1. The second-order valence-electron chi connectivity index (χ2n) is 8.69. The van der Waals surface area contributed by atoms with E-state index in [9.17, 15) is 9.18 Å². The number of carbonyl (C=O) groups excluding carboxylic acids is 1. The molecule has 0 saturated heterocycles. The highest BCUT2D eigenvalue weighted by Gasteiger charge is 2.19. The minimum absolute atomic E-state index is 0.165. The second-order valence-corrected chi connectivity index (χ2v) is 8.69. The van der Waals surface area contributed by atoms with Gasteiger partial charge in [0, 0.05) is 0 Å². The molecule has 0 atom stereocenters. The van der Waals surface area contributed by atoms with Crippen molar-refractivity contribution in [1.29, 1.82) is 5.26 Å². The van der Waals surface area contributed by atoms with Crippen LogP contribution in [0.25, 0.3) is 0 Å². The molecule has 5 heteroatoms. The van der Waals surface area contributed by atoms with Crippen molar-refractivity contribution in [2.45, 2.75) is 58.3 Å². The first kappa shape index (κ1) is 24.5. The van der Waals surface area contributed by atoms with Crippen LogP contribution in [0.15, 0.2) is 54.6 Å². The lowest BCUT2D eigenvalue weighted by atomic mass is 9.79. The van der Waals surface area contributed by atoms with Crippen LogP contribution in [0.4, 0.5) is 4.39 Å². The van der Waals surface area contributed by atoms with Gasteiger partial charge in [0.25, 0.3) is 0 Å². The summed E-state index contributed by atoms with van der Waals surface area (Å²) in [7, 11) is 0. The third-order valence-corrected chi connectivity index (χ3v) is 6.22. The predicted octanol–water partition coefficient (Wildman–Crippen LogP) is 7.24. The molecule has 1 aliphatic rings. The Morgan fingerprint density at radius 3 is 2.55 bits per heavy atom. The van der Waals surface area contributed by atoms with Gasteiger partial charge < -0.3 is 9.47 Å². The van der Waals surface area contributed by atoms with Crippen molar-refractivity contribution < 1.29 is 18.7 Å². The summed E-state index contributed by atoms with van der Waals surface area (Å²) >= 11 is 0. The van der Waals surface area contributed by atoms with Crippen molar-refractivity contribution in [3.05, 3.63) is 71.6 Å². The van der Waals surface area contributed by atoms with E-state index in [1.165, 1.54) is 63.5 Å². The van der Waals surface area contributed by atoms with Crippen LogP contribution in [-0.4, -0.2) is 12.6 Å². The molecule has 1 fully saturated rings. The molecule has 0 heterocycles. The zero-order chi connectivity index (χ0) is 23.5. The number of ether oxygens (including phenoxy) is 2. The third kappa shape index (κ3) is 7.75. The molecule has 0 radical (unpaired) electrons. The van der Waals surface area contributed by atoms with Crippen LogP contribution in [0.5, 0.6) is 11.5 Å². The van der Waals surface area contributed by atoms with Crippen molar-refractivity contribution in [3.63, 3.8) is 0 Å². The molecule has 33 heavy (non-hydrogen) atoms. The lowest BCUT2D eigenvalue weighted by Crippen LogP contribution is -2.13. The van der Waals surface area contributed by atoms with E-state index in [1.54, 1.807) is 24.3 Å². The number of nitrogens with zero attached hydrogens (tertiary/aromatic N) is 1. The van der Waals surface area contributed by atoms with E-state index in [0.717, 1.165) is 12.0 Å². The molecule has 0 aromatic heterocycles. The SMILES string of the molecule is CCCCCC1CCC(C=CCOc2ccc(C(=O)Oc3ccc(C#N)cc3F)cc2)CC1. The number of hydrogen-bond acceptors (Lipinski definition) is 4. The topological polar surface area (TPSA) is 59.3 Å². The molecule has 2 aromatic carbocycles. The average Bonchev–Trinajstić information content (AvgIpc) is 2.84. The number of hydrogen-bond donors (Lipinski definition) is 0. The predicted molar refractivity (Wildman–Crippen MR) is 127 cm³/mol. The van der Waals surface area contributed by atoms with Gasteiger partial charge in [0.15, 0.2) is 11.6 Å². The number of carbonyl (C=O) groups is 1. The Kier molecular flexibility index (Phi) is 9.50. The van der Waals surface area contributed by atoms with Crippen LogP contribution in [0, 0.1) is 29.0 Å². The van der Waals surface area contributed by atoms with Gasteiger partial charge in [0.1, 0.15) is 12.4 Å². The summed E-state index contributed by atoms with van der Waals surface area (Å²) in [5.74, 6) is 0.584. The van der Waals surface area contributed by atoms with E-state index >= 15 is 0 Å². The lowest BCUT2D eigenvalue weighted by Gasteiger charge is -2.26. The Bertz CT molecular complexity index is 970. The van der Waals surface area contributed by atoms with Crippen molar-refractivity contribution >= 4 is 5.97 Å². The highest BCUT2D eigenvalue weighted by atomic mass is 19.1. The van der Waals surface area contributed by atoms with Gasteiger partial charge in [0.2, 0.25) is 0 Å². The van der Waals surface area contributed by atoms with Gasteiger partial charge in [-0.1, -0.05) is 44.8 Å². The Morgan fingerprint density at radius 1 is 1.12 bits per heavy atom. The van der Waals surface area contributed by atoms with Crippen molar-refractivity contribution in [1.82, 2.24) is 0 Å². The Morgan fingerprint density at radius 2 is 1.88 bits per heavy atom. The standard InChI is InChI=1S/C28H32FNO3/c1-2-3-4-6-21-8-10-22(11-9-21)7-5-18-32-25-15-13-24(14-16-25)28(31)33-27-17-12-23(20-30)19-26(27)29/h5,7,12-17,19,21-22H,2-4,6,8-11,18H2,1H3. The maximum Gasteiger partial charge on any atom is 0.343 e. The molecule has 3 rings (SSSR count). The molecule has 0 N–H and O–H groups in total. The highest BCUT2D eigenvalue weighted by molar-refractivity contribution is 5.91. The van der Waals surface area contributed by atoms with E-state index in [-0.39, 0.29) is 16.9 Å². The average molecular weight is 450 g/mol. The molecule has 0 bridgehead atoms. The molecule has 1 saturated carbocycles. The van der Waals surface area contributed by atoms with Gasteiger partial charge in [0.05, 0.1) is 17.2 Å². The normalized spacial score (nSPS) is 18.1. The largest absolute Gasteiger partial charge is 0.490 e. The molecule has 0 aliphatic heterocycles. The summed E-state index contributed by atoms with van der Waals surface area (Å²) in [6, 6.07) is 12.1. The van der Waals surface area contributed by atoms with Crippen LogP contribution < -0.4 is 9.47 Å². The van der Waals surface area contributed by atoms with Crippen molar-refractivity contribution in [2.75, 3.05) is 6.61 Å². The smallest absolute Gasteiger partial charge is 0.343 e. The summed E-state index contributed by atoms with van der Waals surface area (Å²) in [6.45, 7) is 2.74. The summed E-state index contributed by atoms with van der Waals surface area (Å²) in [6.07, 6.45) is 15.0. The molecule has 0 spiro atoms. The van der Waals surface area contributed by atoms with Gasteiger partial charge in [-0.15, -0.1) is 0 Å². The highest BCUT2D eigenvalue weighted by Crippen LogP contribution is 2.32.